The summed E-state index contributed by atoms with van der Waals surface area (Å²) >= 11 is 0. The molecule has 0 aliphatic heterocycles. The van der Waals surface area contributed by atoms with E-state index in [0.29, 0.717) is 5.78 Å². The molecular weight excluding hydrogens is 160 g/mol. The molecule has 2 unspecified atom stereocenters. The van der Waals surface area contributed by atoms with Crippen LogP contribution < -0.4 is 0 Å². The lowest BCUT2D eigenvalue weighted by Gasteiger charge is -2.43. The largest absolute Gasteiger partial charge is 0.298 e. The molecule has 72 valence electrons. The zero-order valence-corrected chi connectivity index (χ0v) is 8.98. The Morgan fingerprint density at radius 3 is 2.54 bits per heavy atom. The Labute approximate surface area is 80.2 Å². The van der Waals surface area contributed by atoms with Crippen molar-refractivity contribution in [2.45, 2.75) is 40.5 Å². The highest BCUT2D eigenvalue weighted by atomic mass is 16.1. The molecule has 0 N–H and O–H groups in total. The van der Waals surface area contributed by atoms with E-state index >= 15 is 0 Å². The van der Waals surface area contributed by atoms with E-state index in [-0.39, 0.29) is 16.7 Å². The Hall–Kier alpha value is -0.590. The fourth-order valence-corrected chi connectivity index (χ4v) is 3.23. The molecule has 0 saturated heterocycles. The second kappa shape index (κ2) is 2.26. The van der Waals surface area contributed by atoms with Crippen LogP contribution in [-0.2, 0) is 4.79 Å². The van der Waals surface area contributed by atoms with Crippen molar-refractivity contribution in [1.82, 2.24) is 0 Å². The summed E-state index contributed by atoms with van der Waals surface area (Å²) in [5, 5.41) is 0. The van der Waals surface area contributed by atoms with Gasteiger partial charge in [-0.2, -0.15) is 0 Å². The average molecular weight is 178 g/mol. The van der Waals surface area contributed by atoms with Gasteiger partial charge in [0.25, 0.3) is 0 Å². The molecule has 2 atom stereocenters. The molecule has 0 aromatic rings. The molecule has 3 aliphatic carbocycles. The number of ketones is 1. The van der Waals surface area contributed by atoms with Crippen LogP contribution in [0.25, 0.3) is 0 Å². The smallest absolute Gasteiger partial charge is 0.145 e. The number of carbonyl (C=O) groups is 1. The highest BCUT2D eigenvalue weighted by Gasteiger charge is 2.53. The molecule has 1 fully saturated rings. The number of rotatable bonds is 0. The molecule has 0 aromatic carbocycles. The molecule has 13 heavy (non-hydrogen) atoms. The van der Waals surface area contributed by atoms with Gasteiger partial charge in [-0.25, -0.2) is 0 Å². The zero-order chi connectivity index (χ0) is 9.85. The number of fused-ring (bicyclic) bond motifs is 2. The van der Waals surface area contributed by atoms with Gasteiger partial charge in [-0.1, -0.05) is 32.4 Å². The Morgan fingerprint density at radius 2 is 2.00 bits per heavy atom. The van der Waals surface area contributed by atoms with Crippen LogP contribution in [0.5, 0.6) is 0 Å². The van der Waals surface area contributed by atoms with Crippen LogP contribution in [0.2, 0.25) is 0 Å². The molecule has 1 heteroatoms. The summed E-state index contributed by atoms with van der Waals surface area (Å²) in [5.74, 6) is 0.735. The highest BCUT2D eigenvalue weighted by molar-refractivity contribution is 5.95. The van der Waals surface area contributed by atoms with Crippen molar-refractivity contribution in [3.05, 3.63) is 11.6 Å². The van der Waals surface area contributed by atoms with Gasteiger partial charge in [0.15, 0.2) is 0 Å². The fourth-order valence-electron chi connectivity index (χ4n) is 3.23. The first-order valence-corrected chi connectivity index (χ1v) is 5.08. The molecule has 0 amide bonds. The maximum Gasteiger partial charge on any atom is 0.145 e. The summed E-state index contributed by atoms with van der Waals surface area (Å²) in [6, 6.07) is 0. The number of hydrogen-bond acceptors (Lipinski definition) is 1. The molecule has 0 aromatic heterocycles. The first-order chi connectivity index (χ1) is 5.84. The van der Waals surface area contributed by atoms with E-state index in [9.17, 15) is 4.79 Å². The molecule has 2 bridgehead atoms. The summed E-state index contributed by atoms with van der Waals surface area (Å²) in [7, 11) is 0. The van der Waals surface area contributed by atoms with Gasteiger partial charge in [-0.15, -0.1) is 0 Å². The van der Waals surface area contributed by atoms with E-state index in [4.69, 9.17) is 0 Å². The Balaban J connectivity index is 2.40. The third-order valence-electron chi connectivity index (χ3n) is 3.58. The van der Waals surface area contributed by atoms with Crippen LogP contribution in [0, 0.1) is 16.7 Å². The molecule has 3 rings (SSSR count). The monoisotopic (exact) mass is 178 g/mol. The van der Waals surface area contributed by atoms with Crippen molar-refractivity contribution in [2.24, 2.45) is 16.7 Å². The third kappa shape index (κ3) is 1.17. The van der Waals surface area contributed by atoms with Crippen LogP contribution in [0.1, 0.15) is 40.5 Å². The van der Waals surface area contributed by atoms with Gasteiger partial charge in [-0.3, -0.25) is 4.79 Å². The maximum absolute atomic E-state index is 11.8. The second-order valence-electron chi connectivity index (χ2n) is 5.74. The van der Waals surface area contributed by atoms with Crippen LogP contribution >= 0.6 is 0 Å². The van der Waals surface area contributed by atoms with Gasteiger partial charge in [0.2, 0.25) is 0 Å². The normalized spacial score (nSPS) is 42.0. The summed E-state index contributed by atoms with van der Waals surface area (Å²) < 4.78 is 0. The lowest BCUT2D eigenvalue weighted by Crippen LogP contribution is -2.47. The van der Waals surface area contributed by atoms with E-state index in [1.807, 2.05) is 0 Å². The minimum atomic E-state index is -0.0115. The lowest BCUT2D eigenvalue weighted by molar-refractivity contribution is -0.143. The molecular formula is C12H18O. The van der Waals surface area contributed by atoms with Crippen molar-refractivity contribution in [3.63, 3.8) is 0 Å². The van der Waals surface area contributed by atoms with Crippen molar-refractivity contribution >= 4 is 5.78 Å². The fraction of sp³-hybridized carbons (Fsp3) is 0.750. The SMILES string of the molecule is CC1=CC(C)(C)CC2(C)CC1C2=O. The summed E-state index contributed by atoms with van der Waals surface area (Å²) in [5.41, 5.74) is 1.49. The van der Waals surface area contributed by atoms with E-state index < -0.39 is 0 Å². The van der Waals surface area contributed by atoms with E-state index in [1.54, 1.807) is 0 Å². The van der Waals surface area contributed by atoms with E-state index in [1.165, 1.54) is 5.57 Å². The van der Waals surface area contributed by atoms with Crippen LogP contribution in [0.4, 0.5) is 0 Å². The molecule has 0 heterocycles. The van der Waals surface area contributed by atoms with Gasteiger partial charge in [0.1, 0.15) is 5.78 Å². The topological polar surface area (TPSA) is 17.1 Å². The molecule has 1 nitrogen and oxygen atoms in total. The van der Waals surface area contributed by atoms with Crippen molar-refractivity contribution < 1.29 is 4.79 Å². The van der Waals surface area contributed by atoms with Crippen molar-refractivity contribution in [1.29, 1.82) is 0 Å². The van der Waals surface area contributed by atoms with Gasteiger partial charge in [0, 0.05) is 11.3 Å². The highest BCUT2D eigenvalue weighted by Crippen LogP contribution is 2.54. The molecule has 0 spiro atoms. The van der Waals surface area contributed by atoms with Crippen molar-refractivity contribution in [2.75, 3.05) is 0 Å². The van der Waals surface area contributed by atoms with E-state index in [2.05, 4.69) is 33.8 Å². The van der Waals surface area contributed by atoms with Gasteiger partial charge in [-0.05, 0) is 25.2 Å². The number of Topliss-reactive ketones (excluding diaryl/α,β-unsaturated/α-hetero) is 1. The van der Waals surface area contributed by atoms with E-state index in [0.717, 1.165) is 12.8 Å². The van der Waals surface area contributed by atoms with Gasteiger partial charge in [0.05, 0.1) is 0 Å². The number of hydrogen-bond donors (Lipinski definition) is 0. The first-order valence-electron chi connectivity index (χ1n) is 5.08. The molecule has 0 radical (unpaired) electrons. The summed E-state index contributed by atoms with van der Waals surface area (Å²) in [6.07, 6.45) is 4.40. The average Bonchev–Trinajstić information content (AvgIpc) is 2.08. The predicted molar refractivity (Wildman–Crippen MR) is 53.4 cm³/mol. The lowest BCUT2D eigenvalue weighted by atomic mass is 9.58. The van der Waals surface area contributed by atoms with Crippen molar-refractivity contribution in [3.8, 4) is 0 Å². The predicted octanol–water partition coefficient (Wildman–Crippen LogP) is 2.96. The van der Waals surface area contributed by atoms with Crippen LogP contribution in [-0.4, -0.2) is 5.78 Å². The molecule has 1 saturated carbocycles. The summed E-state index contributed by atoms with van der Waals surface area (Å²) in [4.78, 5) is 11.8. The Bertz CT molecular complexity index is 298. The number of carbonyl (C=O) groups excluding carboxylic acids is 1. The minimum absolute atomic E-state index is 0.0115. The zero-order valence-electron chi connectivity index (χ0n) is 8.98. The maximum atomic E-state index is 11.8. The quantitative estimate of drug-likeness (QED) is 0.521. The van der Waals surface area contributed by atoms with Gasteiger partial charge >= 0.3 is 0 Å². The Kier molecular flexibility index (Phi) is 1.56. The Morgan fingerprint density at radius 1 is 1.38 bits per heavy atom. The first kappa shape index (κ1) is 8.98. The van der Waals surface area contributed by atoms with Crippen LogP contribution in [0.3, 0.4) is 0 Å². The minimum Gasteiger partial charge on any atom is -0.298 e. The van der Waals surface area contributed by atoms with Gasteiger partial charge < -0.3 is 0 Å². The standard InChI is InChI=1S/C12H18O/c1-8-5-11(2,3)7-12(4)6-9(8)10(12)13/h5,9H,6-7H2,1-4H3. The third-order valence-corrected chi connectivity index (χ3v) is 3.58. The summed E-state index contributed by atoms with van der Waals surface area (Å²) in [6.45, 7) is 8.70. The number of allylic oxidation sites excluding steroid dienone is 2. The molecule has 3 aliphatic rings. The van der Waals surface area contributed by atoms with Crippen LogP contribution in [0.15, 0.2) is 11.6 Å². The second-order valence-corrected chi connectivity index (χ2v) is 5.74.